The Labute approximate surface area is 135 Å². The first-order valence-corrected chi connectivity index (χ1v) is 8.32. The topological polar surface area (TPSA) is 78.8 Å². The van der Waals surface area contributed by atoms with E-state index in [0.717, 1.165) is 43.1 Å². The van der Waals surface area contributed by atoms with Crippen molar-refractivity contribution in [1.29, 1.82) is 0 Å². The summed E-state index contributed by atoms with van der Waals surface area (Å²) in [5, 5.41) is 8.02. The van der Waals surface area contributed by atoms with Crippen LogP contribution in [0.4, 0.5) is 0 Å². The van der Waals surface area contributed by atoms with Crippen LogP contribution in [0.3, 0.4) is 0 Å². The summed E-state index contributed by atoms with van der Waals surface area (Å²) in [6.07, 6.45) is 6.82. The Morgan fingerprint density at radius 1 is 1.43 bits per heavy atom. The predicted octanol–water partition coefficient (Wildman–Crippen LogP) is 0.658. The minimum Gasteiger partial charge on any atom is -0.347 e. The Morgan fingerprint density at radius 3 is 3.26 bits per heavy atom. The summed E-state index contributed by atoms with van der Waals surface area (Å²) in [6.45, 7) is 3.75. The number of piperidine rings is 1. The van der Waals surface area contributed by atoms with Crippen LogP contribution in [0.5, 0.6) is 0 Å². The zero-order valence-electron chi connectivity index (χ0n) is 13.2. The molecule has 0 aliphatic carbocycles. The molecule has 1 amide bonds. The van der Waals surface area contributed by atoms with E-state index in [1.807, 2.05) is 17.2 Å². The van der Waals surface area contributed by atoms with Crippen molar-refractivity contribution < 1.29 is 4.79 Å². The van der Waals surface area contributed by atoms with Gasteiger partial charge in [0.15, 0.2) is 0 Å². The Bertz CT molecular complexity index is 684. The lowest BCUT2D eigenvalue weighted by Crippen LogP contribution is -2.38. The van der Waals surface area contributed by atoms with Crippen molar-refractivity contribution in [3.05, 3.63) is 35.7 Å². The fourth-order valence-electron chi connectivity index (χ4n) is 3.45. The highest BCUT2D eigenvalue weighted by molar-refractivity contribution is 5.76. The number of imidazole rings is 1. The molecule has 0 radical (unpaired) electrons. The number of hydrogen-bond acceptors (Lipinski definition) is 4. The minimum atomic E-state index is 0.113. The van der Waals surface area contributed by atoms with Gasteiger partial charge in [-0.3, -0.25) is 9.48 Å². The fraction of sp³-hybridized carbons (Fsp3) is 0.562. The van der Waals surface area contributed by atoms with Crippen molar-refractivity contribution in [1.82, 2.24) is 30.0 Å². The lowest BCUT2D eigenvalue weighted by atomic mass is 9.97. The van der Waals surface area contributed by atoms with Crippen LogP contribution in [0, 0.1) is 0 Å². The number of carbonyl (C=O) groups excluding carboxylic acids is 1. The van der Waals surface area contributed by atoms with Gasteiger partial charge < -0.3 is 15.2 Å². The standard InChI is InChI=1S/C16H22N6O/c23-16(21-6-3-14-15(9-21)19-11-18-14)10-22-7-4-13(20-22)12-2-1-5-17-8-12/h4,7,11-12,17H,1-3,5-6,8-10H2,(H,18,19). The Hall–Kier alpha value is -2.15. The summed E-state index contributed by atoms with van der Waals surface area (Å²) in [5.74, 6) is 0.587. The second-order valence-corrected chi connectivity index (χ2v) is 6.37. The molecule has 2 aliphatic rings. The van der Waals surface area contributed by atoms with Crippen LogP contribution in [0.25, 0.3) is 0 Å². The smallest absolute Gasteiger partial charge is 0.244 e. The summed E-state index contributed by atoms with van der Waals surface area (Å²) in [5.41, 5.74) is 3.23. The molecule has 0 saturated carbocycles. The second-order valence-electron chi connectivity index (χ2n) is 6.37. The first-order valence-electron chi connectivity index (χ1n) is 8.32. The van der Waals surface area contributed by atoms with Gasteiger partial charge in [-0.15, -0.1) is 0 Å². The number of nitrogens with one attached hydrogen (secondary N) is 2. The lowest BCUT2D eigenvalue weighted by molar-refractivity contribution is -0.133. The first kappa shape index (κ1) is 14.4. The van der Waals surface area contributed by atoms with E-state index in [1.54, 1.807) is 11.0 Å². The summed E-state index contributed by atoms with van der Waals surface area (Å²) in [4.78, 5) is 21.8. The summed E-state index contributed by atoms with van der Waals surface area (Å²) in [7, 11) is 0. The number of rotatable bonds is 3. The van der Waals surface area contributed by atoms with Gasteiger partial charge >= 0.3 is 0 Å². The molecule has 2 aromatic heterocycles. The van der Waals surface area contributed by atoms with Crippen LogP contribution in [-0.4, -0.2) is 50.2 Å². The molecule has 1 fully saturated rings. The monoisotopic (exact) mass is 314 g/mol. The SMILES string of the molecule is O=C(Cn1ccc(C2CCCNC2)n1)N1CCc2nc[nH]c2C1. The third-order valence-corrected chi connectivity index (χ3v) is 4.80. The summed E-state index contributed by atoms with van der Waals surface area (Å²) < 4.78 is 1.77. The van der Waals surface area contributed by atoms with Crippen molar-refractivity contribution in [2.24, 2.45) is 0 Å². The third kappa shape index (κ3) is 3.01. The number of H-pyrrole nitrogens is 1. The largest absolute Gasteiger partial charge is 0.347 e. The van der Waals surface area contributed by atoms with E-state index in [-0.39, 0.29) is 5.91 Å². The third-order valence-electron chi connectivity index (χ3n) is 4.80. The molecule has 4 rings (SSSR count). The maximum atomic E-state index is 12.5. The maximum absolute atomic E-state index is 12.5. The van der Waals surface area contributed by atoms with Crippen molar-refractivity contribution in [3.63, 3.8) is 0 Å². The lowest BCUT2D eigenvalue weighted by Gasteiger charge is -2.26. The Morgan fingerprint density at radius 2 is 2.39 bits per heavy atom. The molecule has 2 aliphatic heterocycles. The van der Waals surface area contributed by atoms with Crippen molar-refractivity contribution in [2.75, 3.05) is 19.6 Å². The summed E-state index contributed by atoms with van der Waals surface area (Å²) >= 11 is 0. The van der Waals surface area contributed by atoms with Crippen LogP contribution >= 0.6 is 0 Å². The Kier molecular flexibility index (Phi) is 3.87. The van der Waals surface area contributed by atoms with Gasteiger partial charge in [0.05, 0.1) is 30.0 Å². The maximum Gasteiger partial charge on any atom is 0.244 e. The van der Waals surface area contributed by atoms with Gasteiger partial charge in [-0.05, 0) is 25.5 Å². The van der Waals surface area contributed by atoms with Gasteiger partial charge in [0.25, 0.3) is 0 Å². The van der Waals surface area contributed by atoms with Gasteiger partial charge in [0, 0.05) is 31.6 Å². The Balaban J connectivity index is 1.38. The number of nitrogens with zero attached hydrogens (tertiary/aromatic N) is 4. The number of hydrogen-bond donors (Lipinski definition) is 2. The van der Waals surface area contributed by atoms with Gasteiger partial charge in [-0.1, -0.05) is 0 Å². The number of amides is 1. The van der Waals surface area contributed by atoms with E-state index in [0.29, 0.717) is 19.0 Å². The molecule has 2 aromatic rings. The number of carbonyl (C=O) groups is 1. The molecule has 2 N–H and O–H groups in total. The molecule has 23 heavy (non-hydrogen) atoms. The van der Waals surface area contributed by atoms with E-state index in [9.17, 15) is 4.79 Å². The van der Waals surface area contributed by atoms with Crippen molar-refractivity contribution in [3.8, 4) is 0 Å². The van der Waals surface area contributed by atoms with Gasteiger partial charge in [0.2, 0.25) is 5.91 Å². The van der Waals surface area contributed by atoms with E-state index in [2.05, 4.69) is 20.4 Å². The first-order chi connectivity index (χ1) is 11.3. The highest BCUT2D eigenvalue weighted by Crippen LogP contribution is 2.21. The minimum absolute atomic E-state index is 0.113. The molecule has 0 bridgehead atoms. The molecule has 7 heteroatoms. The second kappa shape index (κ2) is 6.16. The zero-order valence-corrected chi connectivity index (χ0v) is 13.2. The van der Waals surface area contributed by atoms with Crippen LogP contribution < -0.4 is 5.32 Å². The van der Waals surface area contributed by atoms with E-state index < -0.39 is 0 Å². The van der Waals surface area contributed by atoms with Gasteiger partial charge in [-0.25, -0.2) is 4.98 Å². The van der Waals surface area contributed by atoms with E-state index >= 15 is 0 Å². The number of aromatic amines is 1. The van der Waals surface area contributed by atoms with E-state index in [4.69, 9.17) is 0 Å². The van der Waals surface area contributed by atoms with Gasteiger partial charge in [0.1, 0.15) is 6.54 Å². The van der Waals surface area contributed by atoms with Crippen LogP contribution in [-0.2, 0) is 24.3 Å². The highest BCUT2D eigenvalue weighted by Gasteiger charge is 2.23. The number of fused-ring (bicyclic) bond motifs is 1. The molecule has 0 spiro atoms. The average Bonchev–Trinajstić information content (AvgIpc) is 3.24. The fourth-order valence-corrected chi connectivity index (χ4v) is 3.45. The molecule has 7 nitrogen and oxygen atoms in total. The molecule has 4 heterocycles. The molecule has 122 valence electrons. The average molecular weight is 314 g/mol. The molecule has 1 atom stereocenters. The molecule has 1 unspecified atom stereocenters. The van der Waals surface area contributed by atoms with Crippen LogP contribution in [0.2, 0.25) is 0 Å². The normalized spacial score (nSPS) is 21.2. The quantitative estimate of drug-likeness (QED) is 0.872. The van der Waals surface area contributed by atoms with Crippen LogP contribution in [0.1, 0.15) is 35.8 Å². The van der Waals surface area contributed by atoms with Crippen LogP contribution in [0.15, 0.2) is 18.6 Å². The number of aromatic nitrogens is 4. The van der Waals surface area contributed by atoms with Crippen molar-refractivity contribution >= 4 is 5.91 Å². The highest BCUT2D eigenvalue weighted by atomic mass is 16.2. The zero-order chi connectivity index (χ0) is 15.6. The van der Waals surface area contributed by atoms with E-state index in [1.165, 1.54) is 12.8 Å². The predicted molar refractivity (Wildman–Crippen MR) is 84.8 cm³/mol. The van der Waals surface area contributed by atoms with Gasteiger partial charge in [-0.2, -0.15) is 5.10 Å². The van der Waals surface area contributed by atoms with Crippen molar-refractivity contribution in [2.45, 2.75) is 38.3 Å². The molecule has 1 saturated heterocycles. The summed E-state index contributed by atoms with van der Waals surface area (Å²) in [6, 6.07) is 2.05. The molecular formula is C16H22N6O. The molecular weight excluding hydrogens is 292 g/mol. The molecule has 0 aromatic carbocycles.